The molecule has 0 unspecified atom stereocenters. The Labute approximate surface area is 161 Å². The van der Waals surface area contributed by atoms with Gasteiger partial charge in [-0.25, -0.2) is 0 Å². The lowest BCUT2D eigenvalue weighted by Crippen LogP contribution is -2.10. The quantitative estimate of drug-likeness (QED) is 0.441. The van der Waals surface area contributed by atoms with E-state index in [4.69, 9.17) is 4.84 Å². The van der Waals surface area contributed by atoms with Crippen molar-refractivity contribution < 1.29 is 9.63 Å². The zero-order valence-corrected chi connectivity index (χ0v) is 16.1. The highest BCUT2D eigenvalue weighted by Crippen LogP contribution is 2.39. The van der Waals surface area contributed by atoms with Crippen LogP contribution in [0.3, 0.4) is 0 Å². The number of para-hydroxylation sites is 1. The molecule has 0 atom stereocenters. The lowest BCUT2D eigenvalue weighted by Gasteiger charge is -2.08. The summed E-state index contributed by atoms with van der Waals surface area (Å²) in [4.78, 5) is 18.3. The van der Waals surface area contributed by atoms with Crippen LogP contribution in [0.25, 0.3) is 5.57 Å². The Morgan fingerprint density at radius 3 is 2.88 bits per heavy atom. The summed E-state index contributed by atoms with van der Waals surface area (Å²) in [7, 11) is 0. The molecule has 1 heterocycles. The monoisotopic (exact) mass is 410 g/mol. The van der Waals surface area contributed by atoms with Crippen molar-refractivity contribution in [1.82, 2.24) is 0 Å². The highest BCUT2D eigenvalue weighted by atomic mass is 79.9. The molecule has 0 fully saturated rings. The summed E-state index contributed by atoms with van der Waals surface area (Å²) < 4.78 is 0.956. The van der Waals surface area contributed by atoms with Gasteiger partial charge in [0.25, 0.3) is 0 Å². The molecule has 26 heavy (non-hydrogen) atoms. The van der Waals surface area contributed by atoms with Gasteiger partial charge in [-0.3, -0.25) is 4.79 Å². The van der Waals surface area contributed by atoms with Crippen molar-refractivity contribution in [2.75, 3.05) is 11.9 Å². The van der Waals surface area contributed by atoms with Crippen molar-refractivity contribution in [3.8, 4) is 0 Å². The fourth-order valence-corrected chi connectivity index (χ4v) is 3.70. The van der Waals surface area contributed by atoms with E-state index < -0.39 is 0 Å². The second-order valence-corrected chi connectivity index (χ2v) is 7.36. The molecule has 1 aliphatic carbocycles. The molecule has 0 amide bonds. The molecule has 4 nitrogen and oxygen atoms in total. The van der Waals surface area contributed by atoms with Gasteiger partial charge in [0.15, 0.2) is 5.78 Å². The summed E-state index contributed by atoms with van der Waals surface area (Å²) in [5, 5.41) is 7.78. The Morgan fingerprint density at radius 1 is 1.19 bits per heavy atom. The Bertz CT molecular complexity index is 947. The first-order chi connectivity index (χ1) is 12.7. The number of hydrogen-bond donors (Lipinski definition) is 1. The molecule has 0 saturated heterocycles. The first-order valence-corrected chi connectivity index (χ1v) is 9.61. The predicted molar refractivity (Wildman–Crippen MR) is 107 cm³/mol. The number of unbranched alkanes of at least 4 members (excludes halogenated alkanes) is 1. The largest absolute Gasteiger partial charge is 0.395 e. The SMILES string of the molecule is CCCCON=C1/C(=C2/C(=O)Cc3ccc(Br)cc32)Nc2ccccc21. The molecule has 1 aliphatic heterocycles. The van der Waals surface area contributed by atoms with E-state index >= 15 is 0 Å². The van der Waals surface area contributed by atoms with Crippen LogP contribution < -0.4 is 5.32 Å². The van der Waals surface area contributed by atoms with E-state index in [1.165, 1.54) is 0 Å². The molecular weight excluding hydrogens is 392 g/mol. The zero-order chi connectivity index (χ0) is 18.1. The van der Waals surface area contributed by atoms with Crippen LogP contribution in [-0.2, 0) is 16.1 Å². The van der Waals surface area contributed by atoms with Gasteiger partial charge in [-0.05, 0) is 35.7 Å². The zero-order valence-electron chi connectivity index (χ0n) is 14.5. The topological polar surface area (TPSA) is 50.7 Å². The van der Waals surface area contributed by atoms with Crippen molar-refractivity contribution in [3.63, 3.8) is 0 Å². The maximum Gasteiger partial charge on any atom is 0.170 e. The van der Waals surface area contributed by atoms with Crippen LogP contribution in [0.15, 0.2) is 57.8 Å². The Hall–Kier alpha value is -2.40. The molecule has 0 saturated carbocycles. The van der Waals surface area contributed by atoms with Crippen molar-refractivity contribution >= 4 is 38.7 Å². The summed E-state index contributed by atoms with van der Waals surface area (Å²) in [6.45, 7) is 2.68. The highest BCUT2D eigenvalue weighted by molar-refractivity contribution is 9.10. The predicted octanol–water partition coefficient (Wildman–Crippen LogP) is 4.93. The number of anilines is 1. The van der Waals surface area contributed by atoms with Gasteiger partial charge in [0.1, 0.15) is 12.3 Å². The van der Waals surface area contributed by atoms with Crippen LogP contribution in [-0.4, -0.2) is 18.1 Å². The number of fused-ring (bicyclic) bond motifs is 2. The minimum absolute atomic E-state index is 0.106. The van der Waals surface area contributed by atoms with Crippen LogP contribution in [0.2, 0.25) is 0 Å². The van der Waals surface area contributed by atoms with Gasteiger partial charge < -0.3 is 10.2 Å². The second kappa shape index (κ2) is 7.08. The van der Waals surface area contributed by atoms with E-state index in [1.807, 2.05) is 42.5 Å². The Balaban J connectivity index is 1.84. The standard InChI is InChI=1S/C21H19BrN2O2/c1-2-3-10-26-24-20-15-6-4-5-7-17(15)23-21(20)19-16-12-14(22)9-8-13(16)11-18(19)25/h4-9,12,23H,2-3,10-11H2,1H3/b21-19-,24-20?. The summed E-state index contributed by atoms with van der Waals surface area (Å²) in [6.07, 6.45) is 2.42. The van der Waals surface area contributed by atoms with Gasteiger partial charge in [0.2, 0.25) is 0 Å². The maximum absolute atomic E-state index is 12.8. The summed E-state index contributed by atoms with van der Waals surface area (Å²) >= 11 is 3.51. The summed E-state index contributed by atoms with van der Waals surface area (Å²) in [5.41, 5.74) is 6.05. The Kier molecular flexibility index (Phi) is 4.64. The van der Waals surface area contributed by atoms with Crippen LogP contribution >= 0.6 is 15.9 Å². The van der Waals surface area contributed by atoms with E-state index in [-0.39, 0.29) is 5.78 Å². The summed E-state index contributed by atoms with van der Waals surface area (Å²) in [6, 6.07) is 13.9. The van der Waals surface area contributed by atoms with Crippen LogP contribution in [0.5, 0.6) is 0 Å². The van der Waals surface area contributed by atoms with Crippen molar-refractivity contribution in [3.05, 3.63) is 69.3 Å². The molecule has 2 aromatic carbocycles. The second-order valence-electron chi connectivity index (χ2n) is 6.45. The van der Waals surface area contributed by atoms with Crippen LogP contribution in [0.1, 0.15) is 36.5 Å². The molecule has 2 aromatic rings. The van der Waals surface area contributed by atoms with Gasteiger partial charge in [-0.15, -0.1) is 0 Å². The van der Waals surface area contributed by atoms with Gasteiger partial charge in [-0.1, -0.05) is 58.7 Å². The lowest BCUT2D eigenvalue weighted by atomic mass is 10.0. The fourth-order valence-electron chi connectivity index (χ4n) is 3.34. The molecule has 0 aromatic heterocycles. The molecule has 0 radical (unpaired) electrons. The first-order valence-electron chi connectivity index (χ1n) is 8.82. The van der Waals surface area contributed by atoms with E-state index in [2.05, 4.69) is 33.3 Å². The van der Waals surface area contributed by atoms with Crippen molar-refractivity contribution in [2.24, 2.45) is 5.16 Å². The number of oxime groups is 1. The average molecular weight is 411 g/mol. The maximum atomic E-state index is 12.8. The number of carbonyl (C=O) groups excluding carboxylic acids is 1. The smallest absolute Gasteiger partial charge is 0.170 e. The number of ketones is 1. The third-order valence-corrected chi connectivity index (χ3v) is 5.14. The van der Waals surface area contributed by atoms with Gasteiger partial charge in [0, 0.05) is 22.1 Å². The molecule has 0 bridgehead atoms. The van der Waals surface area contributed by atoms with Gasteiger partial charge >= 0.3 is 0 Å². The van der Waals surface area contributed by atoms with Crippen LogP contribution in [0.4, 0.5) is 5.69 Å². The Morgan fingerprint density at radius 2 is 2.04 bits per heavy atom. The summed E-state index contributed by atoms with van der Waals surface area (Å²) in [5.74, 6) is 0.106. The number of rotatable bonds is 4. The molecule has 1 N–H and O–H groups in total. The lowest BCUT2D eigenvalue weighted by molar-refractivity contribution is -0.112. The fraction of sp³-hybridized carbons (Fsp3) is 0.238. The van der Waals surface area contributed by atoms with Crippen molar-refractivity contribution in [2.45, 2.75) is 26.2 Å². The van der Waals surface area contributed by atoms with E-state index in [1.54, 1.807) is 0 Å². The molecule has 4 rings (SSSR count). The molecule has 0 spiro atoms. The molecule has 5 heteroatoms. The van der Waals surface area contributed by atoms with E-state index in [0.717, 1.165) is 45.4 Å². The van der Waals surface area contributed by atoms with Gasteiger partial charge in [0.05, 0.1) is 11.3 Å². The highest BCUT2D eigenvalue weighted by Gasteiger charge is 2.34. The normalized spacial score (nSPS) is 19.5. The number of halogens is 1. The number of hydrogen-bond acceptors (Lipinski definition) is 4. The third kappa shape index (κ3) is 2.97. The van der Waals surface area contributed by atoms with Crippen molar-refractivity contribution in [1.29, 1.82) is 0 Å². The van der Waals surface area contributed by atoms with E-state index in [0.29, 0.717) is 24.3 Å². The molecule has 2 aliphatic rings. The number of allylic oxidation sites excluding steroid dienone is 2. The number of Topliss-reactive ketones (excluding diaryl/α,β-unsaturated/α-hetero) is 1. The first kappa shape index (κ1) is 17.0. The van der Waals surface area contributed by atoms with Gasteiger partial charge in [-0.2, -0.15) is 0 Å². The number of benzene rings is 2. The molecular formula is C21H19BrN2O2. The third-order valence-electron chi connectivity index (χ3n) is 4.64. The number of nitrogens with zero attached hydrogens (tertiary/aromatic N) is 1. The minimum Gasteiger partial charge on any atom is -0.395 e. The molecule has 132 valence electrons. The van der Waals surface area contributed by atoms with E-state index in [9.17, 15) is 4.79 Å². The number of carbonyl (C=O) groups is 1. The van der Waals surface area contributed by atoms with Crippen LogP contribution in [0, 0.1) is 0 Å². The average Bonchev–Trinajstić information content (AvgIpc) is 3.15. The minimum atomic E-state index is 0.106. The number of nitrogens with one attached hydrogen (secondary N) is 1.